The Kier molecular flexibility index (Phi) is 5.38. The van der Waals surface area contributed by atoms with Crippen molar-refractivity contribution in [3.8, 4) is 0 Å². The number of hydrogen-bond acceptors (Lipinski definition) is 2. The van der Waals surface area contributed by atoms with E-state index in [1.54, 1.807) is 6.07 Å². The summed E-state index contributed by atoms with van der Waals surface area (Å²) in [6.45, 7) is 4.86. The van der Waals surface area contributed by atoms with E-state index < -0.39 is 0 Å². The Morgan fingerprint density at radius 1 is 1.38 bits per heavy atom. The molecule has 1 rings (SSSR count). The van der Waals surface area contributed by atoms with Crippen molar-refractivity contribution in [1.82, 2.24) is 10.6 Å². The lowest BCUT2D eigenvalue weighted by Crippen LogP contribution is -2.33. The number of hydrogen-bond donors (Lipinski definition) is 2. The molecule has 0 saturated heterocycles. The van der Waals surface area contributed by atoms with Crippen LogP contribution in [0.4, 0.5) is 4.39 Å². The van der Waals surface area contributed by atoms with E-state index in [2.05, 4.69) is 40.4 Å². The van der Waals surface area contributed by atoms with Gasteiger partial charge < -0.3 is 10.6 Å². The molecule has 2 nitrogen and oxygen atoms in total. The van der Waals surface area contributed by atoms with Crippen LogP contribution in [0.5, 0.6) is 0 Å². The van der Waals surface area contributed by atoms with Crippen LogP contribution in [0.2, 0.25) is 0 Å². The van der Waals surface area contributed by atoms with Gasteiger partial charge in [-0.25, -0.2) is 4.39 Å². The maximum atomic E-state index is 13.6. The lowest BCUT2D eigenvalue weighted by Gasteiger charge is -2.19. The highest BCUT2D eigenvalue weighted by Crippen LogP contribution is 2.21. The van der Waals surface area contributed by atoms with Gasteiger partial charge in [0.25, 0.3) is 0 Å². The summed E-state index contributed by atoms with van der Waals surface area (Å²) in [7, 11) is 1.84. The Morgan fingerprint density at radius 3 is 2.62 bits per heavy atom. The largest absolute Gasteiger partial charge is 0.313 e. The van der Waals surface area contributed by atoms with Gasteiger partial charge in [-0.2, -0.15) is 0 Å². The van der Waals surface area contributed by atoms with Gasteiger partial charge in [-0.1, -0.05) is 29.8 Å². The molecule has 0 radical (unpaired) electrons. The summed E-state index contributed by atoms with van der Waals surface area (Å²) in [6.07, 6.45) is 0. The molecule has 90 valence electrons. The normalized spacial score (nSPS) is 13.1. The molecule has 0 aliphatic rings. The monoisotopic (exact) mass is 288 g/mol. The topological polar surface area (TPSA) is 24.1 Å². The average molecular weight is 289 g/mol. The van der Waals surface area contributed by atoms with Crippen molar-refractivity contribution in [3.63, 3.8) is 0 Å². The van der Waals surface area contributed by atoms with Gasteiger partial charge in [0.15, 0.2) is 0 Å². The Bertz CT molecular complexity index is 342. The molecule has 1 unspecified atom stereocenters. The van der Waals surface area contributed by atoms with E-state index in [1.807, 2.05) is 13.1 Å². The third-order valence-corrected chi connectivity index (χ3v) is 2.91. The molecule has 0 aromatic heterocycles. The smallest absolute Gasteiger partial charge is 0.128 e. The number of benzene rings is 1. The first-order valence-electron chi connectivity index (χ1n) is 5.40. The third kappa shape index (κ3) is 3.85. The summed E-state index contributed by atoms with van der Waals surface area (Å²) in [5.41, 5.74) is 0.685. The number of rotatable bonds is 5. The van der Waals surface area contributed by atoms with Crippen LogP contribution in [0, 0.1) is 5.82 Å². The molecule has 0 spiro atoms. The Morgan fingerprint density at radius 2 is 2.06 bits per heavy atom. The molecule has 0 aliphatic heterocycles. The first-order valence-corrected chi connectivity index (χ1v) is 6.19. The van der Waals surface area contributed by atoms with Crippen molar-refractivity contribution in [2.24, 2.45) is 0 Å². The number of nitrogens with one attached hydrogen (secondary N) is 2. The summed E-state index contributed by atoms with van der Waals surface area (Å²) < 4.78 is 14.5. The third-order valence-electron chi connectivity index (χ3n) is 2.41. The second-order valence-corrected chi connectivity index (χ2v) is 4.99. The lowest BCUT2D eigenvalue weighted by atomic mass is 10.1. The van der Waals surface area contributed by atoms with Gasteiger partial charge in [0.2, 0.25) is 0 Å². The molecule has 16 heavy (non-hydrogen) atoms. The minimum absolute atomic E-state index is 0.0140. The van der Waals surface area contributed by atoms with Crippen LogP contribution in [0.25, 0.3) is 0 Å². The van der Waals surface area contributed by atoms with Crippen LogP contribution in [0.3, 0.4) is 0 Å². The SMILES string of the molecule is CNC(CNC(C)C)c1cc(Br)ccc1F. The standard InChI is InChI=1S/C12H18BrFN2/c1-8(2)16-7-12(15-3)10-6-9(13)4-5-11(10)14/h4-6,8,12,15-16H,7H2,1-3H3. The molecule has 0 amide bonds. The molecule has 1 atom stereocenters. The Balaban J connectivity index is 2.81. The van der Waals surface area contributed by atoms with E-state index in [0.717, 1.165) is 4.47 Å². The highest BCUT2D eigenvalue weighted by Gasteiger charge is 2.14. The van der Waals surface area contributed by atoms with E-state index in [4.69, 9.17) is 0 Å². The van der Waals surface area contributed by atoms with E-state index in [0.29, 0.717) is 18.2 Å². The summed E-state index contributed by atoms with van der Waals surface area (Å²) >= 11 is 3.36. The predicted molar refractivity (Wildman–Crippen MR) is 69.0 cm³/mol. The second-order valence-electron chi connectivity index (χ2n) is 4.07. The van der Waals surface area contributed by atoms with Gasteiger partial charge in [-0.05, 0) is 25.2 Å². The van der Waals surface area contributed by atoms with Crippen molar-refractivity contribution >= 4 is 15.9 Å². The fourth-order valence-corrected chi connectivity index (χ4v) is 1.88. The molecule has 0 saturated carbocycles. The summed E-state index contributed by atoms with van der Waals surface area (Å²) in [5.74, 6) is -0.173. The average Bonchev–Trinajstić information content (AvgIpc) is 2.23. The summed E-state index contributed by atoms with van der Waals surface area (Å²) in [4.78, 5) is 0. The van der Waals surface area contributed by atoms with E-state index >= 15 is 0 Å². The molecule has 0 heterocycles. The zero-order chi connectivity index (χ0) is 12.1. The quantitative estimate of drug-likeness (QED) is 0.871. The van der Waals surface area contributed by atoms with Crippen LogP contribution in [0.1, 0.15) is 25.5 Å². The Hall–Kier alpha value is -0.450. The Labute approximate surface area is 105 Å². The number of likely N-dealkylation sites (N-methyl/N-ethyl adjacent to an activating group) is 1. The van der Waals surface area contributed by atoms with Gasteiger partial charge >= 0.3 is 0 Å². The maximum absolute atomic E-state index is 13.6. The van der Waals surface area contributed by atoms with Gasteiger partial charge in [0.1, 0.15) is 5.82 Å². The minimum atomic E-state index is -0.173. The minimum Gasteiger partial charge on any atom is -0.313 e. The summed E-state index contributed by atoms with van der Waals surface area (Å²) in [5, 5.41) is 6.42. The van der Waals surface area contributed by atoms with Gasteiger partial charge in [0.05, 0.1) is 0 Å². The first kappa shape index (κ1) is 13.6. The molecule has 1 aromatic carbocycles. The van der Waals surface area contributed by atoms with Gasteiger partial charge in [-0.15, -0.1) is 0 Å². The van der Waals surface area contributed by atoms with Gasteiger partial charge in [-0.3, -0.25) is 0 Å². The molecule has 0 aliphatic carbocycles. The van der Waals surface area contributed by atoms with Gasteiger partial charge in [0, 0.05) is 28.7 Å². The predicted octanol–water partition coefficient (Wildman–Crippen LogP) is 2.85. The van der Waals surface area contributed by atoms with Crippen molar-refractivity contribution in [3.05, 3.63) is 34.1 Å². The van der Waals surface area contributed by atoms with E-state index in [1.165, 1.54) is 6.07 Å². The lowest BCUT2D eigenvalue weighted by molar-refractivity contribution is 0.472. The first-order chi connectivity index (χ1) is 7.54. The fraction of sp³-hybridized carbons (Fsp3) is 0.500. The fourth-order valence-electron chi connectivity index (χ4n) is 1.50. The molecule has 4 heteroatoms. The van der Waals surface area contributed by atoms with Crippen LogP contribution in [-0.2, 0) is 0 Å². The molecule has 1 aromatic rings. The molecule has 2 N–H and O–H groups in total. The highest BCUT2D eigenvalue weighted by molar-refractivity contribution is 9.10. The van der Waals surface area contributed by atoms with Crippen LogP contribution in [-0.4, -0.2) is 19.6 Å². The summed E-state index contributed by atoms with van der Waals surface area (Å²) in [6, 6.07) is 5.39. The zero-order valence-corrected chi connectivity index (χ0v) is 11.4. The van der Waals surface area contributed by atoms with Crippen molar-refractivity contribution in [2.75, 3.05) is 13.6 Å². The second kappa shape index (κ2) is 6.33. The van der Waals surface area contributed by atoms with Crippen molar-refractivity contribution < 1.29 is 4.39 Å². The molecule has 0 fully saturated rings. The van der Waals surface area contributed by atoms with E-state index in [-0.39, 0.29) is 11.9 Å². The van der Waals surface area contributed by atoms with E-state index in [9.17, 15) is 4.39 Å². The highest BCUT2D eigenvalue weighted by atomic mass is 79.9. The van der Waals surface area contributed by atoms with Crippen molar-refractivity contribution in [2.45, 2.75) is 25.9 Å². The van der Waals surface area contributed by atoms with Crippen LogP contribution >= 0.6 is 15.9 Å². The number of halogens is 2. The van der Waals surface area contributed by atoms with Crippen LogP contribution in [0.15, 0.2) is 22.7 Å². The maximum Gasteiger partial charge on any atom is 0.128 e. The molecular weight excluding hydrogens is 271 g/mol. The molecule has 0 bridgehead atoms. The zero-order valence-electron chi connectivity index (χ0n) is 9.85. The van der Waals surface area contributed by atoms with Crippen molar-refractivity contribution in [1.29, 1.82) is 0 Å². The molecular formula is C12H18BrFN2. The van der Waals surface area contributed by atoms with Crippen LogP contribution < -0.4 is 10.6 Å².